The molecular formula is C19H17NO2. The molecule has 0 unspecified atom stereocenters. The smallest absolute Gasteiger partial charge is 0.422 e. The van der Waals surface area contributed by atoms with E-state index in [-0.39, 0.29) is 12.1 Å². The van der Waals surface area contributed by atoms with Crippen LogP contribution in [0.15, 0.2) is 48.5 Å². The van der Waals surface area contributed by atoms with Crippen LogP contribution in [0.1, 0.15) is 28.3 Å². The molecule has 2 aromatic carbocycles. The zero-order valence-corrected chi connectivity index (χ0v) is 12.7. The second-order valence-electron chi connectivity index (χ2n) is 5.38. The Labute approximate surface area is 130 Å². The standard InChI is InChI=1S/C19H17NO2/c1-14-7-6-8-15(2)17(14)11-12-20-18(13-22-19(20)21)16-9-4-3-5-10-16/h3-10,18H,13H2,1-2H3/t18-/m1/s1. The number of carbonyl (C=O) groups is 1. The molecule has 0 N–H and O–H groups in total. The molecule has 2 aromatic rings. The number of ether oxygens (including phenoxy) is 1. The highest BCUT2D eigenvalue weighted by Crippen LogP contribution is 2.26. The van der Waals surface area contributed by atoms with Gasteiger partial charge in [-0.2, -0.15) is 0 Å². The first-order valence-corrected chi connectivity index (χ1v) is 7.25. The Kier molecular flexibility index (Phi) is 3.84. The molecule has 0 aliphatic carbocycles. The molecular weight excluding hydrogens is 274 g/mol. The number of aryl methyl sites for hydroxylation is 2. The third-order valence-corrected chi connectivity index (χ3v) is 3.84. The van der Waals surface area contributed by atoms with Crippen LogP contribution in [0.3, 0.4) is 0 Å². The average molecular weight is 291 g/mol. The van der Waals surface area contributed by atoms with E-state index in [2.05, 4.69) is 12.0 Å². The van der Waals surface area contributed by atoms with Crippen molar-refractivity contribution >= 4 is 6.09 Å². The zero-order chi connectivity index (χ0) is 15.5. The number of nitrogens with zero attached hydrogens (tertiary/aromatic N) is 1. The normalized spacial score (nSPS) is 16.9. The van der Waals surface area contributed by atoms with E-state index in [9.17, 15) is 4.79 Å². The van der Waals surface area contributed by atoms with Gasteiger partial charge in [-0.05, 0) is 36.5 Å². The number of benzene rings is 2. The van der Waals surface area contributed by atoms with Crippen molar-refractivity contribution in [3.8, 4) is 12.0 Å². The number of carbonyl (C=O) groups excluding carboxylic acids is 1. The van der Waals surface area contributed by atoms with Crippen LogP contribution in [0.4, 0.5) is 4.79 Å². The molecule has 3 rings (SSSR count). The maximum atomic E-state index is 12.0. The summed E-state index contributed by atoms with van der Waals surface area (Å²) in [6.07, 6.45) is -0.382. The van der Waals surface area contributed by atoms with E-state index in [0.29, 0.717) is 6.61 Å². The van der Waals surface area contributed by atoms with Gasteiger partial charge >= 0.3 is 6.09 Å². The van der Waals surface area contributed by atoms with Gasteiger partial charge in [-0.1, -0.05) is 48.5 Å². The van der Waals surface area contributed by atoms with Gasteiger partial charge in [-0.15, -0.1) is 0 Å². The summed E-state index contributed by atoms with van der Waals surface area (Å²) < 4.78 is 5.17. The van der Waals surface area contributed by atoms with Gasteiger partial charge in [0.2, 0.25) is 0 Å². The Balaban J connectivity index is 1.94. The fourth-order valence-corrected chi connectivity index (χ4v) is 2.59. The Morgan fingerprint density at radius 1 is 1.05 bits per heavy atom. The van der Waals surface area contributed by atoms with Gasteiger partial charge in [-0.3, -0.25) is 0 Å². The molecule has 0 bridgehead atoms. The van der Waals surface area contributed by atoms with Crippen molar-refractivity contribution in [1.82, 2.24) is 4.90 Å². The van der Waals surface area contributed by atoms with Crippen LogP contribution in [0.25, 0.3) is 0 Å². The van der Waals surface area contributed by atoms with E-state index in [1.807, 2.05) is 62.4 Å². The molecule has 1 heterocycles. The van der Waals surface area contributed by atoms with Gasteiger partial charge in [0.25, 0.3) is 0 Å². The van der Waals surface area contributed by atoms with Crippen LogP contribution >= 0.6 is 0 Å². The molecule has 1 saturated heterocycles. The monoisotopic (exact) mass is 291 g/mol. The van der Waals surface area contributed by atoms with Gasteiger partial charge in [0.1, 0.15) is 12.6 Å². The topological polar surface area (TPSA) is 29.5 Å². The van der Waals surface area contributed by atoms with Crippen LogP contribution in [-0.2, 0) is 4.74 Å². The number of rotatable bonds is 1. The second kappa shape index (κ2) is 5.95. The lowest BCUT2D eigenvalue weighted by Crippen LogP contribution is -2.22. The van der Waals surface area contributed by atoms with Crippen LogP contribution < -0.4 is 0 Å². The molecule has 0 spiro atoms. The van der Waals surface area contributed by atoms with Crippen molar-refractivity contribution in [2.45, 2.75) is 19.9 Å². The minimum absolute atomic E-state index is 0.148. The largest absolute Gasteiger partial charge is 0.446 e. The van der Waals surface area contributed by atoms with E-state index >= 15 is 0 Å². The van der Waals surface area contributed by atoms with E-state index in [0.717, 1.165) is 22.3 Å². The Morgan fingerprint density at radius 3 is 2.41 bits per heavy atom. The van der Waals surface area contributed by atoms with Gasteiger partial charge in [0.15, 0.2) is 0 Å². The van der Waals surface area contributed by atoms with Gasteiger partial charge in [0, 0.05) is 11.6 Å². The lowest BCUT2D eigenvalue weighted by Gasteiger charge is -2.14. The third kappa shape index (κ3) is 2.68. The quantitative estimate of drug-likeness (QED) is 0.748. The van der Waals surface area contributed by atoms with Crippen LogP contribution in [0.2, 0.25) is 0 Å². The van der Waals surface area contributed by atoms with E-state index in [1.165, 1.54) is 4.90 Å². The minimum atomic E-state index is -0.382. The van der Waals surface area contributed by atoms with Crippen molar-refractivity contribution in [2.24, 2.45) is 0 Å². The van der Waals surface area contributed by atoms with Crippen LogP contribution in [0.5, 0.6) is 0 Å². The highest BCUT2D eigenvalue weighted by atomic mass is 16.6. The maximum absolute atomic E-state index is 12.0. The summed E-state index contributed by atoms with van der Waals surface area (Å²) in [5, 5.41) is 0. The highest BCUT2D eigenvalue weighted by molar-refractivity contribution is 5.73. The number of hydrogen-bond donors (Lipinski definition) is 0. The van der Waals surface area contributed by atoms with Gasteiger partial charge in [0.05, 0.1) is 0 Å². The average Bonchev–Trinajstić information content (AvgIpc) is 2.89. The molecule has 1 aliphatic rings. The first-order chi connectivity index (χ1) is 10.7. The fraction of sp³-hybridized carbons (Fsp3) is 0.211. The maximum Gasteiger partial charge on any atom is 0.422 e. The molecule has 0 aromatic heterocycles. The molecule has 22 heavy (non-hydrogen) atoms. The summed E-state index contributed by atoms with van der Waals surface area (Å²) >= 11 is 0. The predicted molar refractivity (Wildman–Crippen MR) is 85.2 cm³/mol. The summed E-state index contributed by atoms with van der Waals surface area (Å²) in [7, 11) is 0. The minimum Gasteiger partial charge on any atom is -0.446 e. The molecule has 3 nitrogen and oxygen atoms in total. The van der Waals surface area contributed by atoms with Crippen molar-refractivity contribution in [2.75, 3.05) is 6.61 Å². The molecule has 3 heteroatoms. The zero-order valence-electron chi connectivity index (χ0n) is 12.7. The van der Waals surface area contributed by atoms with E-state index in [4.69, 9.17) is 4.74 Å². The summed E-state index contributed by atoms with van der Waals surface area (Å²) in [4.78, 5) is 13.4. The molecule has 1 fully saturated rings. The summed E-state index contributed by atoms with van der Waals surface area (Å²) in [6.45, 7) is 4.38. The van der Waals surface area contributed by atoms with Crippen LogP contribution in [-0.4, -0.2) is 17.6 Å². The van der Waals surface area contributed by atoms with Crippen molar-refractivity contribution < 1.29 is 9.53 Å². The SMILES string of the molecule is Cc1cccc(C)c1C#CN1C(=O)OC[C@@H]1c1ccccc1. The lowest BCUT2D eigenvalue weighted by atomic mass is 10.0. The van der Waals surface area contributed by atoms with Crippen molar-refractivity contribution in [3.63, 3.8) is 0 Å². The Morgan fingerprint density at radius 2 is 1.73 bits per heavy atom. The molecule has 1 amide bonds. The number of cyclic esters (lactones) is 1. The number of hydrogen-bond acceptors (Lipinski definition) is 2. The van der Waals surface area contributed by atoms with Crippen molar-refractivity contribution in [1.29, 1.82) is 0 Å². The Hall–Kier alpha value is -2.73. The highest BCUT2D eigenvalue weighted by Gasteiger charge is 2.33. The lowest BCUT2D eigenvalue weighted by molar-refractivity contribution is 0.167. The first-order valence-electron chi connectivity index (χ1n) is 7.25. The molecule has 110 valence electrons. The molecule has 1 aliphatic heterocycles. The second-order valence-corrected chi connectivity index (χ2v) is 5.38. The van der Waals surface area contributed by atoms with E-state index < -0.39 is 0 Å². The molecule has 0 radical (unpaired) electrons. The molecule has 1 atom stereocenters. The summed E-state index contributed by atoms with van der Waals surface area (Å²) in [6, 6.07) is 18.7. The van der Waals surface area contributed by atoms with Crippen molar-refractivity contribution in [3.05, 3.63) is 70.8 Å². The summed E-state index contributed by atoms with van der Waals surface area (Å²) in [5.41, 5.74) is 4.21. The van der Waals surface area contributed by atoms with Crippen LogP contribution in [0, 0.1) is 25.8 Å². The predicted octanol–water partition coefficient (Wildman–Crippen LogP) is 3.81. The fourth-order valence-electron chi connectivity index (χ4n) is 2.59. The molecule has 0 saturated carbocycles. The third-order valence-electron chi connectivity index (χ3n) is 3.84. The Bertz CT molecular complexity index is 736. The summed E-state index contributed by atoms with van der Waals surface area (Å²) in [5.74, 6) is 3.13. The van der Waals surface area contributed by atoms with E-state index in [1.54, 1.807) is 0 Å². The van der Waals surface area contributed by atoms with Gasteiger partial charge in [-0.25, -0.2) is 9.69 Å². The first kappa shape index (κ1) is 14.2. The van der Waals surface area contributed by atoms with Gasteiger partial charge < -0.3 is 4.74 Å². The number of amides is 1.